The minimum atomic E-state index is -0.171. The summed E-state index contributed by atoms with van der Waals surface area (Å²) >= 11 is 0. The fourth-order valence-corrected chi connectivity index (χ4v) is 2.32. The van der Waals surface area contributed by atoms with Gasteiger partial charge in [-0.05, 0) is 25.8 Å². The fourth-order valence-electron chi connectivity index (χ4n) is 2.32. The molecule has 5 nitrogen and oxygen atoms in total. The maximum Gasteiger partial charge on any atom is 0.273 e. The van der Waals surface area contributed by atoms with E-state index in [4.69, 9.17) is 0 Å². The van der Waals surface area contributed by atoms with Crippen molar-refractivity contribution in [3.05, 3.63) is 32.3 Å². The molecule has 0 bridgehead atoms. The Labute approximate surface area is 105 Å². The molecule has 2 aromatic rings. The van der Waals surface area contributed by atoms with Gasteiger partial charge in [0.1, 0.15) is 5.65 Å². The molecule has 98 valence electrons. The van der Waals surface area contributed by atoms with Gasteiger partial charge in [-0.15, -0.1) is 0 Å². The van der Waals surface area contributed by atoms with Gasteiger partial charge in [-0.1, -0.05) is 19.8 Å². The lowest BCUT2D eigenvalue weighted by molar-refractivity contribution is 0.451. The molecule has 1 atom stereocenters. The summed E-state index contributed by atoms with van der Waals surface area (Å²) in [6.07, 6.45) is 3.19. The maximum absolute atomic E-state index is 11.9. The first-order valence-corrected chi connectivity index (χ1v) is 6.38. The summed E-state index contributed by atoms with van der Waals surface area (Å²) in [4.78, 5) is 26.2. The van der Waals surface area contributed by atoms with Crippen LogP contribution in [-0.2, 0) is 0 Å². The topological polar surface area (TPSA) is 70.7 Å². The Hall–Kier alpha value is -1.78. The summed E-state index contributed by atoms with van der Waals surface area (Å²) in [7, 11) is 0. The minimum absolute atomic E-state index is 0.137. The summed E-state index contributed by atoms with van der Waals surface area (Å²) in [5, 5.41) is 3.40. The molecule has 0 saturated heterocycles. The molecule has 0 saturated carbocycles. The van der Waals surface area contributed by atoms with Crippen molar-refractivity contribution in [1.82, 2.24) is 14.8 Å². The van der Waals surface area contributed by atoms with E-state index in [1.54, 1.807) is 11.6 Å². The highest BCUT2D eigenvalue weighted by molar-refractivity contribution is 5.77. The van der Waals surface area contributed by atoms with E-state index in [1.165, 1.54) is 6.07 Å². The smallest absolute Gasteiger partial charge is 0.273 e. The number of aromatic amines is 2. The van der Waals surface area contributed by atoms with E-state index in [9.17, 15) is 9.59 Å². The van der Waals surface area contributed by atoms with Gasteiger partial charge in [0.15, 0.2) is 0 Å². The minimum Gasteiger partial charge on any atom is -0.307 e. The van der Waals surface area contributed by atoms with Crippen molar-refractivity contribution >= 4 is 11.0 Å². The van der Waals surface area contributed by atoms with Gasteiger partial charge in [0, 0.05) is 12.1 Å². The number of hydrogen-bond acceptors (Lipinski definition) is 2. The van der Waals surface area contributed by atoms with Crippen LogP contribution >= 0.6 is 0 Å². The molecule has 1 unspecified atom stereocenters. The molecule has 2 N–H and O–H groups in total. The van der Waals surface area contributed by atoms with Crippen molar-refractivity contribution in [2.75, 3.05) is 0 Å². The second-order valence-electron chi connectivity index (χ2n) is 4.84. The SMILES string of the molecule is CCCCC(C)n1[nH]c(=O)c2c(C)cc(=O)[nH]c21. The highest BCUT2D eigenvalue weighted by Crippen LogP contribution is 2.18. The zero-order chi connectivity index (χ0) is 13.3. The van der Waals surface area contributed by atoms with Gasteiger partial charge in [-0.2, -0.15) is 0 Å². The number of aromatic nitrogens is 3. The van der Waals surface area contributed by atoms with Crippen molar-refractivity contribution in [2.45, 2.75) is 46.1 Å². The largest absolute Gasteiger partial charge is 0.307 e. The molecule has 0 aliphatic carbocycles. The predicted octanol–water partition coefficient (Wildman–Crippen LogP) is 2.08. The molecular weight excluding hydrogens is 230 g/mol. The number of rotatable bonds is 4. The van der Waals surface area contributed by atoms with Gasteiger partial charge in [-0.3, -0.25) is 19.4 Å². The number of hydrogen-bond donors (Lipinski definition) is 2. The summed E-state index contributed by atoms with van der Waals surface area (Å²) in [5.74, 6) is 0. The molecule has 0 amide bonds. The van der Waals surface area contributed by atoms with E-state index in [1.807, 2.05) is 6.92 Å². The van der Waals surface area contributed by atoms with Crippen LogP contribution in [0.5, 0.6) is 0 Å². The second-order valence-corrected chi connectivity index (χ2v) is 4.84. The molecule has 2 heterocycles. The molecule has 0 aromatic carbocycles. The zero-order valence-electron chi connectivity index (χ0n) is 11.0. The number of nitrogens with one attached hydrogen (secondary N) is 2. The molecule has 0 radical (unpaired) electrons. The monoisotopic (exact) mass is 249 g/mol. The summed E-state index contributed by atoms with van der Waals surface area (Å²) in [5.41, 5.74) is 1.02. The number of aryl methyl sites for hydroxylation is 1. The van der Waals surface area contributed by atoms with E-state index in [2.05, 4.69) is 17.0 Å². The first-order chi connectivity index (χ1) is 8.54. The van der Waals surface area contributed by atoms with Crippen LogP contribution in [0, 0.1) is 6.92 Å². The van der Waals surface area contributed by atoms with E-state index >= 15 is 0 Å². The van der Waals surface area contributed by atoms with Crippen LogP contribution in [-0.4, -0.2) is 14.8 Å². The Kier molecular flexibility index (Phi) is 3.41. The van der Waals surface area contributed by atoms with Crippen LogP contribution in [0.2, 0.25) is 0 Å². The van der Waals surface area contributed by atoms with Gasteiger partial charge >= 0.3 is 0 Å². The first-order valence-electron chi connectivity index (χ1n) is 6.38. The number of pyridine rings is 1. The lowest BCUT2D eigenvalue weighted by atomic mass is 10.1. The molecule has 0 spiro atoms. The fraction of sp³-hybridized carbons (Fsp3) is 0.538. The molecular formula is C13H19N3O2. The van der Waals surface area contributed by atoms with Crippen molar-refractivity contribution in [2.24, 2.45) is 0 Å². The van der Waals surface area contributed by atoms with Gasteiger partial charge in [0.05, 0.1) is 5.39 Å². The third kappa shape index (κ3) is 2.12. The summed E-state index contributed by atoms with van der Waals surface area (Å²) in [6, 6.07) is 1.63. The Morgan fingerprint density at radius 1 is 1.39 bits per heavy atom. The molecule has 0 aliphatic rings. The van der Waals surface area contributed by atoms with Crippen LogP contribution in [0.3, 0.4) is 0 Å². The molecule has 5 heteroatoms. The van der Waals surface area contributed by atoms with Crippen molar-refractivity contribution in [3.8, 4) is 0 Å². The number of unbranched alkanes of at least 4 members (excludes halogenated alkanes) is 1. The Balaban J connectivity index is 2.59. The highest BCUT2D eigenvalue weighted by Gasteiger charge is 2.14. The van der Waals surface area contributed by atoms with Crippen LogP contribution in [0.1, 0.15) is 44.7 Å². The zero-order valence-corrected chi connectivity index (χ0v) is 11.0. The maximum atomic E-state index is 11.9. The van der Waals surface area contributed by atoms with E-state index in [0.717, 1.165) is 24.8 Å². The van der Waals surface area contributed by atoms with Gasteiger partial charge in [0.25, 0.3) is 5.56 Å². The average molecular weight is 249 g/mol. The number of fused-ring (bicyclic) bond motifs is 1. The van der Waals surface area contributed by atoms with Crippen LogP contribution in [0.15, 0.2) is 15.7 Å². The second kappa shape index (κ2) is 4.84. The van der Waals surface area contributed by atoms with Gasteiger partial charge in [-0.25, -0.2) is 0 Å². The van der Waals surface area contributed by atoms with Crippen molar-refractivity contribution in [3.63, 3.8) is 0 Å². The summed E-state index contributed by atoms with van der Waals surface area (Å²) in [6.45, 7) is 5.97. The van der Waals surface area contributed by atoms with Crippen LogP contribution < -0.4 is 11.1 Å². The molecule has 18 heavy (non-hydrogen) atoms. The third-order valence-corrected chi connectivity index (χ3v) is 3.33. The highest BCUT2D eigenvalue weighted by atomic mass is 16.1. The van der Waals surface area contributed by atoms with E-state index in [-0.39, 0.29) is 17.2 Å². The van der Waals surface area contributed by atoms with Crippen molar-refractivity contribution in [1.29, 1.82) is 0 Å². The number of nitrogens with zero attached hydrogens (tertiary/aromatic N) is 1. The lowest BCUT2D eigenvalue weighted by Gasteiger charge is -2.13. The van der Waals surface area contributed by atoms with E-state index in [0.29, 0.717) is 11.0 Å². The van der Waals surface area contributed by atoms with Crippen LogP contribution in [0.25, 0.3) is 11.0 Å². The lowest BCUT2D eigenvalue weighted by Crippen LogP contribution is -2.12. The van der Waals surface area contributed by atoms with Crippen LogP contribution in [0.4, 0.5) is 0 Å². The molecule has 2 rings (SSSR count). The summed E-state index contributed by atoms with van der Waals surface area (Å²) < 4.78 is 1.78. The Morgan fingerprint density at radius 2 is 2.11 bits per heavy atom. The first kappa shape index (κ1) is 12.7. The average Bonchev–Trinajstić information content (AvgIpc) is 2.63. The third-order valence-electron chi connectivity index (χ3n) is 3.33. The predicted molar refractivity (Wildman–Crippen MR) is 72.2 cm³/mol. The Morgan fingerprint density at radius 3 is 2.78 bits per heavy atom. The van der Waals surface area contributed by atoms with E-state index < -0.39 is 0 Å². The molecule has 2 aromatic heterocycles. The standard InChI is InChI=1S/C13H19N3O2/c1-4-5-6-9(3)16-12-11(13(18)15-16)8(2)7-10(17)14-12/h7,9H,4-6H2,1-3H3,(H,14,17)(H,15,18). The Bertz CT molecular complexity index is 663. The number of H-pyrrole nitrogens is 2. The quantitative estimate of drug-likeness (QED) is 0.870. The molecule has 0 fully saturated rings. The normalized spacial score (nSPS) is 13.1. The van der Waals surface area contributed by atoms with Crippen molar-refractivity contribution < 1.29 is 0 Å². The molecule has 0 aliphatic heterocycles. The van der Waals surface area contributed by atoms with Gasteiger partial charge < -0.3 is 4.98 Å². The van der Waals surface area contributed by atoms with Gasteiger partial charge in [0.2, 0.25) is 5.56 Å².